The van der Waals surface area contributed by atoms with Gasteiger partial charge in [0.2, 0.25) is 5.69 Å². The smallest absolute Gasteiger partial charge is 0.281 e. The maximum absolute atomic E-state index is 13.1. The van der Waals surface area contributed by atoms with Crippen LogP contribution in [0.2, 0.25) is 0 Å². The second-order valence-electron chi connectivity index (χ2n) is 6.41. The Hall–Kier alpha value is -3.12. The second kappa shape index (κ2) is 6.89. The lowest BCUT2D eigenvalue weighted by Crippen LogP contribution is -2.31. The van der Waals surface area contributed by atoms with Crippen molar-refractivity contribution in [1.29, 1.82) is 0 Å². The Bertz CT molecular complexity index is 1140. The van der Waals surface area contributed by atoms with Crippen molar-refractivity contribution in [2.75, 3.05) is 5.32 Å². The Balaban J connectivity index is 1.75. The van der Waals surface area contributed by atoms with E-state index in [4.69, 9.17) is 0 Å². The van der Waals surface area contributed by atoms with E-state index in [0.717, 1.165) is 27.8 Å². The van der Waals surface area contributed by atoms with Gasteiger partial charge in [0.1, 0.15) is 5.69 Å². The van der Waals surface area contributed by atoms with E-state index in [2.05, 4.69) is 27.4 Å². The molecule has 2 heterocycles. The molecule has 0 aliphatic carbocycles. The molecular formula is C21H21N4OS+. The van der Waals surface area contributed by atoms with E-state index in [1.807, 2.05) is 74.2 Å². The number of para-hydroxylation sites is 1. The quantitative estimate of drug-likeness (QED) is 0.550. The van der Waals surface area contributed by atoms with Crippen LogP contribution in [0.4, 0.5) is 10.8 Å². The average molecular weight is 377 g/mol. The molecule has 136 valence electrons. The molecule has 0 atom stereocenters. The normalized spacial score (nSPS) is 10.9. The first-order valence-corrected chi connectivity index (χ1v) is 9.60. The largest absolute Gasteiger partial charge is 0.339 e. The molecule has 0 amide bonds. The summed E-state index contributed by atoms with van der Waals surface area (Å²) in [5.41, 5.74) is 4.53. The van der Waals surface area contributed by atoms with Gasteiger partial charge < -0.3 is 0 Å². The molecule has 1 N–H and O–H groups in total. The minimum absolute atomic E-state index is 0.0594. The lowest BCUT2D eigenvalue weighted by atomic mass is 10.2. The van der Waals surface area contributed by atoms with Crippen molar-refractivity contribution in [2.45, 2.75) is 6.92 Å². The SMILES string of the molecule is Cc1c(Nc2scc(-c3ccccc3)[n+]2C)c(=O)n(-c2ccccc2)n1C. The fraction of sp³-hybridized carbons (Fsp3) is 0.143. The molecule has 0 fully saturated rings. The molecule has 5 nitrogen and oxygen atoms in total. The number of nitrogens with one attached hydrogen (secondary N) is 1. The monoisotopic (exact) mass is 377 g/mol. The van der Waals surface area contributed by atoms with Crippen LogP contribution in [-0.2, 0) is 14.1 Å². The van der Waals surface area contributed by atoms with Gasteiger partial charge in [0, 0.05) is 18.0 Å². The molecule has 2 aromatic carbocycles. The highest BCUT2D eigenvalue weighted by atomic mass is 32.1. The van der Waals surface area contributed by atoms with Crippen molar-refractivity contribution in [3.05, 3.63) is 82.1 Å². The van der Waals surface area contributed by atoms with Gasteiger partial charge in [0.25, 0.3) is 0 Å². The minimum Gasteiger partial charge on any atom is -0.281 e. The summed E-state index contributed by atoms with van der Waals surface area (Å²) in [6, 6.07) is 19.9. The Morgan fingerprint density at radius 2 is 1.63 bits per heavy atom. The van der Waals surface area contributed by atoms with Gasteiger partial charge in [-0.3, -0.25) is 9.48 Å². The van der Waals surface area contributed by atoms with E-state index in [-0.39, 0.29) is 5.56 Å². The molecule has 2 aromatic heterocycles. The molecule has 0 spiro atoms. The van der Waals surface area contributed by atoms with Gasteiger partial charge in [-0.25, -0.2) is 14.6 Å². The van der Waals surface area contributed by atoms with Gasteiger partial charge in [-0.15, -0.1) is 0 Å². The maximum atomic E-state index is 13.1. The van der Waals surface area contributed by atoms with E-state index >= 15 is 0 Å². The highest BCUT2D eigenvalue weighted by Gasteiger charge is 2.23. The minimum atomic E-state index is -0.0594. The molecule has 0 bridgehead atoms. The summed E-state index contributed by atoms with van der Waals surface area (Å²) < 4.78 is 5.65. The number of rotatable bonds is 4. The predicted molar refractivity (Wildman–Crippen MR) is 110 cm³/mol. The number of aromatic nitrogens is 3. The Morgan fingerprint density at radius 1 is 1.00 bits per heavy atom. The van der Waals surface area contributed by atoms with E-state index in [0.29, 0.717) is 5.69 Å². The molecule has 27 heavy (non-hydrogen) atoms. The van der Waals surface area contributed by atoms with Crippen LogP contribution in [0.25, 0.3) is 16.9 Å². The van der Waals surface area contributed by atoms with Crippen molar-refractivity contribution < 1.29 is 4.57 Å². The van der Waals surface area contributed by atoms with Crippen molar-refractivity contribution in [1.82, 2.24) is 9.36 Å². The number of hydrogen-bond donors (Lipinski definition) is 1. The van der Waals surface area contributed by atoms with Crippen LogP contribution in [0.1, 0.15) is 5.69 Å². The van der Waals surface area contributed by atoms with Crippen LogP contribution in [-0.4, -0.2) is 9.36 Å². The molecule has 0 saturated carbocycles. The fourth-order valence-electron chi connectivity index (χ4n) is 3.18. The van der Waals surface area contributed by atoms with Crippen LogP contribution >= 0.6 is 11.3 Å². The van der Waals surface area contributed by atoms with Gasteiger partial charge >= 0.3 is 10.7 Å². The van der Waals surface area contributed by atoms with Gasteiger partial charge in [-0.2, -0.15) is 0 Å². The molecule has 0 saturated heterocycles. The topological polar surface area (TPSA) is 42.8 Å². The summed E-state index contributed by atoms with van der Waals surface area (Å²) >= 11 is 1.59. The van der Waals surface area contributed by atoms with Gasteiger partial charge in [-0.05, 0) is 19.1 Å². The van der Waals surface area contributed by atoms with Crippen molar-refractivity contribution in [3.63, 3.8) is 0 Å². The maximum Gasteiger partial charge on any atom is 0.339 e. The highest BCUT2D eigenvalue weighted by molar-refractivity contribution is 7.13. The lowest BCUT2D eigenvalue weighted by molar-refractivity contribution is -0.641. The Labute approximate surface area is 161 Å². The summed E-state index contributed by atoms with van der Waals surface area (Å²) in [5, 5.41) is 6.38. The first-order chi connectivity index (χ1) is 13.1. The van der Waals surface area contributed by atoms with Gasteiger partial charge in [0.05, 0.1) is 18.4 Å². The summed E-state index contributed by atoms with van der Waals surface area (Å²) in [4.78, 5) is 13.1. The highest BCUT2D eigenvalue weighted by Crippen LogP contribution is 2.25. The Morgan fingerprint density at radius 3 is 2.30 bits per heavy atom. The van der Waals surface area contributed by atoms with Crippen LogP contribution < -0.4 is 15.4 Å². The van der Waals surface area contributed by atoms with E-state index in [9.17, 15) is 4.79 Å². The van der Waals surface area contributed by atoms with Crippen LogP contribution in [0.5, 0.6) is 0 Å². The fourth-order valence-corrected chi connectivity index (χ4v) is 4.12. The van der Waals surface area contributed by atoms with Crippen LogP contribution in [0, 0.1) is 6.92 Å². The number of hydrogen-bond acceptors (Lipinski definition) is 3. The Kier molecular flexibility index (Phi) is 4.41. The van der Waals surface area contributed by atoms with E-state index in [1.54, 1.807) is 16.0 Å². The summed E-state index contributed by atoms with van der Waals surface area (Å²) in [7, 11) is 3.91. The van der Waals surface area contributed by atoms with E-state index in [1.165, 1.54) is 0 Å². The molecular weight excluding hydrogens is 356 g/mol. The van der Waals surface area contributed by atoms with Crippen LogP contribution in [0.15, 0.2) is 70.8 Å². The molecule has 4 aromatic rings. The van der Waals surface area contributed by atoms with Crippen LogP contribution in [0.3, 0.4) is 0 Å². The van der Waals surface area contributed by atoms with Crippen molar-refractivity contribution >= 4 is 22.2 Å². The van der Waals surface area contributed by atoms with Crippen molar-refractivity contribution in [2.24, 2.45) is 14.1 Å². The second-order valence-corrected chi connectivity index (χ2v) is 7.27. The summed E-state index contributed by atoms with van der Waals surface area (Å²) in [6.45, 7) is 1.95. The number of anilines is 2. The number of benzene rings is 2. The van der Waals surface area contributed by atoms with Crippen molar-refractivity contribution in [3.8, 4) is 16.9 Å². The first kappa shape index (κ1) is 17.3. The summed E-state index contributed by atoms with van der Waals surface area (Å²) in [6.07, 6.45) is 0. The third kappa shape index (κ3) is 2.98. The summed E-state index contributed by atoms with van der Waals surface area (Å²) in [5.74, 6) is 0. The van der Waals surface area contributed by atoms with Gasteiger partial charge in [-0.1, -0.05) is 59.9 Å². The lowest BCUT2D eigenvalue weighted by Gasteiger charge is -2.06. The molecule has 0 aliphatic heterocycles. The zero-order valence-electron chi connectivity index (χ0n) is 15.5. The molecule has 6 heteroatoms. The first-order valence-electron chi connectivity index (χ1n) is 8.72. The predicted octanol–water partition coefficient (Wildman–Crippen LogP) is 3.78. The average Bonchev–Trinajstić information content (AvgIpc) is 3.16. The number of thiazole rings is 1. The third-order valence-corrected chi connectivity index (χ3v) is 5.74. The standard InChI is InChI=1S/C21H20N4OS/c1-15-19(20(26)25(24(15)3)17-12-8-5-9-13-17)22-21-23(2)18(14-27-21)16-10-6-4-7-11-16/h4-14H,1-3H3/p+1. The molecule has 0 unspecified atom stereocenters. The zero-order valence-corrected chi connectivity index (χ0v) is 16.3. The molecule has 0 radical (unpaired) electrons. The molecule has 0 aliphatic rings. The number of nitrogens with zero attached hydrogens (tertiary/aromatic N) is 3. The van der Waals surface area contributed by atoms with E-state index < -0.39 is 0 Å². The third-order valence-electron chi connectivity index (χ3n) is 4.80. The van der Waals surface area contributed by atoms with Gasteiger partial charge in [0.15, 0.2) is 0 Å². The zero-order chi connectivity index (χ0) is 19.0. The molecule has 4 rings (SSSR count).